The summed E-state index contributed by atoms with van der Waals surface area (Å²) < 4.78 is 0. The summed E-state index contributed by atoms with van der Waals surface area (Å²) in [4.78, 5) is 0. The molecule has 0 aliphatic carbocycles. The van der Waals surface area contributed by atoms with Crippen molar-refractivity contribution in [2.75, 3.05) is 0 Å². The van der Waals surface area contributed by atoms with Gasteiger partial charge in [-0.05, 0) is 5.56 Å². The van der Waals surface area contributed by atoms with Crippen LogP contribution in [0.3, 0.4) is 0 Å². The normalized spacial score (nSPS) is 9.80. The standard InChI is InChI=1S/C8H11NO/c9-5-7-3-1-2-4-8(7)6-10/h1-4,10H,5-6,9H2/p+1. The molecule has 1 aromatic rings. The van der Waals surface area contributed by atoms with E-state index in [-0.39, 0.29) is 6.61 Å². The van der Waals surface area contributed by atoms with Crippen molar-refractivity contribution in [1.82, 2.24) is 0 Å². The molecule has 0 bridgehead atoms. The van der Waals surface area contributed by atoms with Crippen LogP contribution < -0.4 is 5.73 Å². The minimum atomic E-state index is 0.117. The van der Waals surface area contributed by atoms with Crippen LogP contribution in [-0.2, 0) is 13.2 Å². The Morgan fingerprint density at radius 1 is 1.20 bits per heavy atom. The van der Waals surface area contributed by atoms with Crippen LogP contribution in [0.25, 0.3) is 0 Å². The summed E-state index contributed by atoms with van der Waals surface area (Å²) in [6.45, 7) is 0.864. The predicted molar refractivity (Wildman–Crippen MR) is 39.0 cm³/mol. The second-order valence-electron chi connectivity index (χ2n) is 2.18. The van der Waals surface area contributed by atoms with Crippen molar-refractivity contribution in [3.05, 3.63) is 35.4 Å². The van der Waals surface area contributed by atoms with Crippen LogP contribution in [0.1, 0.15) is 11.1 Å². The van der Waals surface area contributed by atoms with Gasteiger partial charge in [-0.25, -0.2) is 0 Å². The summed E-state index contributed by atoms with van der Waals surface area (Å²) in [7, 11) is 0. The van der Waals surface area contributed by atoms with Crippen molar-refractivity contribution in [3.8, 4) is 0 Å². The molecular weight excluding hydrogens is 126 g/mol. The molecule has 2 nitrogen and oxygen atoms in total. The third-order valence-corrected chi connectivity index (χ3v) is 1.56. The highest BCUT2D eigenvalue weighted by Crippen LogP contribution is 2.05. The molecule has 0 aromatic heterocycles. The van der Waals surface area contributed by atoms with E-state index in [1.165, 1.54) is 0 Å². The van der Waals surface area contributed by atoms with Crippen molar-refractivity contribution >= 4 is 0 Å². The van der Waals surface area contributed by atoms with Gasteiger partial charge < -0.3 is 10.8 Å². The second-order valence-corrected chi connectivity index (χ2v) is 2.18. The number of hydrogen-bond donors (Lipinski definition) is 2. The minimum Gasteiger partial charge on any atom is -0.392 e. The number of aliphatic hydroxyl groups excluding tert-OH is 1. The molecule has 0 spiro atoms. The predicted octanol–water partition coefficient (Wildman–Crippen LogP) is -0.0792. The molecule has 54 valence electrons. The van der Waals surface area contributed by atoms with Gasteiger partial charge in [0.1, 0.15) is 6.54 Å². The van der Waals surface area contributed by atoms with Crippen LogP contribution in [0, 0.1) is 0 Å². The van der Waals surface area contributed by atoms with E-state index in [0.29, 0.717) is 0 Å². The van der Waals surface area contributed by atoms with Crippen LogP contribution in [0.5, 0.6) is 0 Å². The minimum absolute atomic E-state index is 0.117. The summed E-state index contributed by atoms with van der Waals surface area (Å²) in [5, 5.41) is 8.82. The van der Waals surface area contributed by atoms with Crippen LogP contribution in [-0.4, -0.2) is 5.11 Å². The highest BCUT2D eigenvalue weighted by Gasteiger charge is 1.97. The maximum absolute atomic E-state index is 8.82. The van der Waals surface area contributed by atoms with E-state index in [1.54, 1.807) is 0 Å². The number of quaternary nitrogens is 1. The lowest BCUT2D eigenvalue weighted by Gasteiger charge is -2.00. The van der Waals surface area contributed by atoms with Crippen LogP contribution >= 0.6 is 0 Å². The molecule has 10 heavy (non-hydrogen) atoms. The Morgan fingerprint density at radius 2 is 1.80 bits per heavy atom. The molecule has 0 heterocycles. The van der Waals surface area contributed by atoms with Gasteiger partial charge >= 0.3 is 0 Å². The number of aliphatic hydroxyl groups is 1. The van der Waals surface area contributed by atoms with Crippen molar-refractivity contribution in [3.63, 3.8) is 0 Å². The van der Waals surface area contributed by atoms with Crippen molar-refractivity contribution in [1.29, 1.82) is 0 Å². The first-order valence-electron chi connectivity index (χ1n) is 3.35. The van der Waals surface area contributed by atoms with E-state index in [0.717, 1.165) is 17.7 Å². The summed E-state index contributed by atoms with van der Waals surface area (Å²) in [5.41, 5.74) is 5.87. The van der Waals surface area contributed by atoms with Gasteiger partial charge in [0.15, 0.2) is 0 Å². The van der Waals surface area contributed by atoms with Gasteiger partial charge in [0.25, 0.3) is 0 Å². The Balaban J connectivity index is 2.96. The maximum Gasteiger partial charge on any atom is 0.100 e. The van der Waals surface area contributed by atoms with Crippen LogP contribution in [0.2, 0.25) is 0 Å². The summed E-state index contributed by atoms with van der Waals surface area (Å²) in [6, 6.07) is 7.78. The molecule has 0 fully saturated rings. The average molecular weight is 138 g/mol. The molecule has 0 radical (unpaired) electrons. The lowest BCUT2D eigenvalue weighted by Crippen LogP contribution is -2.47. The molecule has 0 saturated heterocycles. The number of rotatable bonds is 2. The Morgan fingerprint density at radius 3 is 2.20 bits per heavy atom. The van der Waals surface area contributed by atoms with E-state index >= 15 is 0 Å². The second kappa shape index (κ2) is 3.34. The van der Waals surface area contributed by atoms with Crippen molar-refractivity contribution in [2.45, 2.75) is 13.2 Å². The first-order valence-corrected chi connectivity index (χ1v) is 3.35. The summed E-state index contributed by atoms with van der Waals surface area (Å²) in [5.74, 6) is 0. The summed E-state index contributed by atoms with van der Waals surface area (Å²) in [6.07, 6.45) is 0. The van der Waals surface area contributed by atoms with E-state index in [4.69, 9.17) is 5.11 Å². The van der Waals surface area contributed by atoms with Crippen molar-refractivity contribution < 1.29 is 10.8 Å². The molecular formula is C8H12NO+. The zero-order valence-corrected chi connectivity index (χ0v) is 5.88. The monoisotopic (exact) mass is 138 g/mol. The van der Waals surface area contributed by atoms with E-state index in [2.05, 4.69) is 5.73 Å². The zero-order chi connectivity index (χ0) is 7.40. The largest absolute Gasteiger partial charge is 0.392 e. The lowest BCUT2D eigenvalue weighted by molar-refractivity contribution is -0.386. The van der Waals surface area contributed by atoms with Crippen LogP contribution in [0.4, 0.5) is 0 Å². The first kappa shape index (κ1) is 7.25. The zero-order valence-electron chi connectivity index (χ0n) is 5.88. The topological polar surface area (TPSA) is 47.9 Å². The lowest BCUT2D eigenvalue weighted by atomic mass is 10.1. The van der Waals surface area contributed by atoms with Gasteiger partial charge in [-0.15, -0.1) is 0 Å². The molecule has 0 unspecified atom stereocenters. The van der Waals surface area contributed by atoms with Gasteiger partial charge in [0.05, 0.1) is 6.61 Å². The van der Waals surface area contributed by atoms with Gasteiger partial charge in [-0.1, -0.05) is 24.3 Å². The smallest absolute Gasteiger partial charge is 0.100 e. The van der Waals surface area contributed by atoms with E-state index in [1.807, 2.05) is 24.3 Å². The van der Waals surface area contributed by atoms with Gasteiger partial charge in [0, 0.05) is 5.56 Å². The fourth-order valence-electron chi connectivity index (χ4n) is 0.956. The Labute approximate surface area is 60.3 Å². The SMILES string of the molecule is [NH3+]Cc1ccccc1CO. The van der Waals surface area contributed by atoms with Crippen molar-refractivity contribution in [2.24, 2.45) is 0 Å². The summed E-state index contributed by atoms with van der Waals surface area (Å²) >= 11 is 0. The molecule has 0 atom stereocenters. The Kier molecular flexibility index (Phi) is 2.42. The molecule has 0 saturated carbocycles. The molecule has 0 aliphatic rings. The highest BCUT2D eigenvalue weighted by molar-refractivity contribution is 5.25. The molecule has 0 aliphatic heterocycles. The molecule has 1 aromatic carbocycles. The van der Waals surface area contributed by atoms with Gasteiger partial charge in [-0.3, -0.25) is 0 Å². The number of hydrogen-bond acceptors (Lipinski definition) is 1. The maximum atomic E-state index is 8.82. The molecule has 1 rings (SSSR count). The highest BCUT2D eigenvalue weighted by atomic mass is 16.3. The third kappa shape index (κ3) is 1.35. The Bertz CT molecular complexity index is 187. The average Bonchev–Trinajstić information content (AvgIpc) is 2.04. The Hall–Kier alpha value is -0.860. The van der Waals surface area contributed by atoms with Gasteiger partial charge in [0.2, 0.25) is 0 Å². The fourth-order valence-corrected chi connectivity index (χ4v) is 0.956. The molecule has 0 amide bonds. The number of benzene rings is 1. The quantitative estimate of drug-likeness (QED) is 0.590. The van der Waals surface area contributed by atoms with E-state index in [9.17, 15) is 0 Å². The van der Waals surface area contributed by atoms with Crippen LogP contribution in [0.15, 0.2) is 24.3 Å². The fraction of sp³-hybridized carbons (Fsp3) is 0.250. The molecule has 2 heteroatoms. The third-order valence-electron chi connectivity index (χ3n) is 1.56. The van der Waals surface area contributed by atoms with Gasteiger partial charge in [-0.2, -0.15) is 0 Å². The first-order chi connectivity index (χ1) is 4.88. The van der Waals surface area contributed by atoms with E-state index < -0.39 is 0 Å². The molecule has 4 N–H and O–H groups in total.